The third-order valence-electron chi connectivity index (χ3n) is 6.26. The fourth-order valence-electron chi connectivity index (χ4n) is 4.47. The predicted molar refractivity (Wildman–Crippen MR) is 136 cm³/mol. The van der Waals surface area contributed by atoms with Crippen LogP contribution in [0.25, 0.3) is 44.7 Å². The van der Waals surface area contributed by atoms with Crippen LogP contribution in [-0.2, 0) is 0 Å². The molecule has 0 radical (unpaired) electrons. The SMILES string of the molecule is Cc1cccc(-c2[nH]cnc2-c2ccc3ncc(-c4ccc(N5CCNCC5)nc4)cc3c2)n1. The molecule has 0 unspecified atom stereocenters. The normalized spacial score (nSPS) is 14.0. The number of rotatable bonds is 4. The van der Waals surface area contributed by atoms with Crippen molar-refractivity contribution in [2.75, 3.05) is 31.1 Å². The van der Waals surface area contributed by atoms with E-state index in [4.69, 9.17) is 9.97 Å². The number of piperazine rings is 1. The van der Waals surface area contributed by atoms with Gasteiger partial charge in [-0.2, -0.15) is 0 Å². The van der Waals surface area contributed by atoms with Crippen molar-refractivity contribution >= 4 is 16.7 Å². The topological polar surface area (TPSA) is 82.6 Å². The van der Waals surface area contributed by atoms with E-state index in [1.807, 2.05) is 43.6 Å². The number of aromatic amines is 1. The lowest BCUT2D eigenvalue weighted by atomic mass is 10.0. The molecule has 1 aliphatic rings. The van der Waals surface area contributed by atoms with Gasteiger partial charge in [0.2, 0.25) is 0 Å². The summed E-state index contributed by atoms with van der Waals surface area (Å²) in [6, 6.07) is 18.7. The minimum Gasteiger partial charge on any atom is -0.354 e. The van der Waals surface area contributed by atoms with Crippen LogP contribution >= 0.6 is 0 Å². The zero-order chi connectivity index (χ0) is 22.9. The maximum absolute atomic E-state index is 4.72. The standard InChI is InChI=1S/C27H25N7/c1-18-3-2-4-24(33-18)27-26(31-17-32-27)19-5-7-23-21(13-19)14-22(16-29-23)20-6-8-25(30-15-20)34-11-9-28-10-12-34/h2-8,13-17,28H,9-12H2,1H3,(H,31,32). The first-order chi connectivity index (χ1) is 16.7. The third-order valence-corrected chi connectivity index (χ3v) is 6.26. The van der Waals surface area contributed by atoms with Crippen LogP contribution in [0.5, 0.6) is 0 Å². The van der Waals surface area contributed by atoms with Crippen LogP contribution in [0, 0.1) is 6.92 Å². The van der Waals surface area contributed by atoms with Gasteiger partial charge in [-0.1, -0.05) is 12.1 Å². The van der Waals surface area contributed by atoms with Gasteiger partial charge in [0.25, 0.3) is 0 Å². The van der Waals surface area contributed by atoms with E-state index in [0.717, 1.165) is 82.4 Å². The van der Waals surface area contributed by atoms with Gasteiger partial charge >= 0.3 is 0 Å². The highest BCUT2D eigenvalue weighted by molar-refractivity contribution is 5.89. The largest absolute Gasteiger partial charge is 0.354 e. The number of nitrogens with zero attached hydrogens (tertiary/aromatic N) is 5. The van der Waals surface area contributed by atoms with Crippen molar-refractivity contribution in [3.8, 4) is 33.8 Å². The molecule has 0 atom stereocenters. The van der Waals surface area contributed by atoms with E-state index in [1.165, 1.54) is 0 Å². The summed E-state index contributed by atoms with van der Waals surface area (Å²) in [5, 5.41) is 4.44. The van der Waals surface area contributed by atoms with Gasteiger partial charge in [0.1, 0.15) is 5.82 Å². The second-order valence-corrected chi connectivity index (χ2v) is 8.56. The lowest BCUT2D eigenvalue weighted by Crippen LogP contribution is -2.43. The zero-order valence-electron chi connectivity index (χ0n) is 19.0. The van der Waals surface area contributed by atoms with Gasteiger partial charge in [0, 0.05) is 66.3 Å². The average molecular weight is 448 g/mol. The highest BCUT2D eigenvalue weighted by atomic mass is 15.2. The van der Waals surface area contributed by atoms with Gasteiger partial charge in [-0.3, -0.25) is 9.97 Å². The predicted octanol–water partition coefficient (Wildman–Crippen LogP) is 4.47. The van der Waals surface area contributed by atoms with Gasteiger partial charge in [0.05, 0.1) is 28.9 Å². The van der Waals surface area contributed by atoms with Gasteiger partial charge in [-0.15, -0.1) is 0 Å². The van der Waals surface area contributed by atoms with Crippen molar-refractivity contribution in [1.82, 2.24) is 30.2 Å². The number of anilines is 1. The molecule has 1 fully saturated rings. The summed E-state index contributed by atoms with van der Waals surface area (Å²) in [4.78, 5) is 24.3. The fraction of sp³-hybridized carbons (Fsp3) is 0.185. The molecule has 0 aliphatic carbocycles. The van der Waals surface area contributed by atoms with E-state index in [2.05, 4.69) is 55.5 Å². The lowest BCUT2D eigenvalue weighted by Gasteiger charge is -2.28. The van der Waals surface area contributed by atoms with Crippen molar-refractivity contribution in [3.05, 3.63) is 79.0 Å². The Morgan fingerprint density at radius 3 is 2.47 bits per heavy atom. The number of benzene rings is 1. The molecular weight excluding hydrogens is 422 g/mol. The number of fused-ring (bicyclic) bond motifs is 1. The van der Waals surface area contributed by atoms with Crippen LogP contribution < -0.4 is 10.2 Å². The van der Waals surface area contributed by atoms with Gasteiger partial charge < -0.3 is 15.2 Å². The summed E-state index contributed by atoms with van der Waals surface area (Å²) < 4.78 is 0. The molecule has 34 heavy (non-hydrogen) atoms. The Balaban J connectivity index is 1.34. The van der Waals surface area contributed by atoms with Crippen LogP contribution in [0.3, 0.4) is 0 Å². The van der Waals surface area contributed by atoms with E-state index in [0.29, 0.717) is 0 Å². The van der Waals surface area contributed by atoms with Crippen molar-refractivity contribution in [3.63, 3.8) is 0 Å². The minimum absolute atomic E-state index is 0.882. The maximum Gasteiger partial charge on any atom is 0.128 e. The monoisotopic (exact) mass is 447 g/mol. The fourth-order valence-corrected chi connectivity index (χ4v) is 4.47. The molecule has 5 aromatic rings. The summed E-state index contributed by atoms with van der Waals surface area (Å²) in [7, 11) is 0. The Labute approximate surface area is 198 Å². The van der Waals surface area contributed by atoms with Crippen molar-refractivity contribution in [2.24, 2.45) is 0 Å². The first kappa shape index (κ1) is 20.5. The summed E-state index contributed by atoms with van der Waals surface area (Å²) in [5.41, 5.74) is 7.74. The Morgan fingerprint density at radius 2 is 1.65 bits per heavy atom. The van der Waals surface area contributed by atoms with Crippen LogP contribution in [0.15, 0.2) is 73.3 Å². The third kappa shape index (κ3) is 3.91. The molecule has 1 aromatic carbocycles. The number of aromatic nitrogens is 5. The van der Waals surface area contributed by atoms with E-state index < -0.39 is 0 Å². The number of aryl methyl sites for hydroxylation is 1. The second-order valence-electron chi connectivity index (χ2n) is 8.56. The number of hydrogen-bond donors (Lipinski definition) is 2. The Morgan fingerprint density at radius 1 is 0.824 bits per heavy atom. The summed E-state index contributed by atoms with van der Waals surface area (Å²) in [6.45, 7) is 5.96. The number of nitrogens with one attached hydrogen (secondary N) is 2. The van der Waals surface area contributed by atoms with E-state index >= 15 is 0 Å². The molecule has 5 heterocycles. The summed E-state index contributed by atoms with van der Waals surface area (Å²) in [5.74, 6) is 1.03. The highest BCUT2D eigenvalue weighted by Gasteiger charge is 2.14. The Kier molecular flexibility index (Phi) is 5.24. The molecule has 7 nitrogen and oxygen atoms in total. The Bertz CT molecular complexity index is 1450. The molecule has 6 rings (SSSR count). The Hall–Kier alpha value is -4.10. The molecule has 1 saturated heterocycles. The van der Waals surface area contributed by atoms with Crippen LogP contribution in [0.1, 0.15) is 5.69 Å². The zero-order valence-corrected chi connectivity index (χ0v) is 19.0. The van der Waals surface area contributed by atoms with Crippen molar-refractivity contribution in [1.29, 1.82) is 0 Å². The molecule has 0 amide bonds. The molecule has 7 heteroatoms. The first-order valence-electron chi connectivity index (χ1n) is 11.5. The van der Waals surface area contributed by atoms with Gasteiger partial charge in [-0.25, -0.2) is 9.97 Å². The number of pyridine rings is 3. The number of H-pyrrole nitrogens is 1. The molecule has 0 saturated carbocycles. The molecular formula is C27H25N7. The highest BCUT2D eigenvalue weighted by Crippen LogP contribution is 2.31. The number of hydrogen-bond acceptors (Lipinski definition) is 6. The van der Waals surface area contributed by atoms with Crippen LogP contribution in [0.4, 0.5) is 5.82 Å². The number of imidazole rings is 1. The van der Waals surface area contributed by atoms with Crippen LogP contribution in [0.2, 0.25) is 0 Å². The van der Waals surface area contributed by atoms with Gasteiger partial charge in [0.15, 0.2) is 0 Å². The minimum atomic E-state index is 0.882. The molecule has 2 N–H and O–H groups in total. The molecule has 168 valence electrons. The maximum atomic E-state index is 4.72. The van der Waals surface area contributed by atoms with Crippen molar-refractivity contribution in [2.45, 2.75) is 6.92 Å². The summed E-state index contributed by atoms with van der Waals surface area (Å²) >= 11 is 0. The van der Waals surface area contributed by atoms with E-state index in [9.17, 15) is 0 Å². The average Bonchev–Trinajstić information content (AvgIpc) is 3.39. The van der Waals surface area contributed by atoms with Crippen molar-refractivity contribution < 1.29 is 0 Å². The first-order valence-corrected chi connectivity index (χ1v) is 11.5. The smallest absolute Gasteiger partial charge is 0.128 e. The molecule has 1 aliphatic heterocycles. The molecule has 0 bridgehead atoms. The van der Waals surface area contributed by atoms with E-state index in [1.54, 1.807) is 6.33 Å². The lowest BCUT2D eigenvalue weighted by molar-refractivity contribution is 0.585. The van der Waals surface area contributed by atoms with E-state index in [-0.39, 0.29) is 0 Å². The molecule has 0 spiro atoms. The molecule has 4 aromatic heterocycles. The summed E-state index contributed by atoms with van der Waals surface area (Å²) in [6.07, 6.45) is 5.58. The quantitative estimate of drug-likeness (QED) is 0.423. The second kappa shape index (κ2) is 8.68. The van der Waals surface area contributed by atoms with Crippen LogP contribution in [-0.4, -0.2) is 51.1 Å². The van der Waals surface area contributed by atoms with Gasteiger partial charge in [-0.05, 0) is 49.4 Å².